The molecule has 0 unspecified atom stereocenters. The van der Waals surface area contributed by atoms with E-state index >= 15 is 0 Å². The molecule has 5 heteroatoms. The number of para-hydroxylation sites is 1. The van der Waals surface area contributed by atoms with Gasteiger partial charge >= 0.3 is 5.97 Å². The molecule has 0 bridgehead atoms. The van der Waals surface area contributed by atoms with E-state index in [9.17, 15) is 4.79 Å². The first-order valence-corrected chi connectivity index (χ1v) is 6.75. The quantitative estimate of drug-likeness (QED) is 0.261. The van der Waals surface area contributed by atoms with Crippen molar-refractivity contribution in [2.24, 2.45) is 5.16 Å². The third-order valence-electron chi connectivity index (χ3n) is 2.79. The summed E-state index contributed by atoms with van der Waals surface area (Å²) >= 11 is 0. The second kappa shape index (κ2) is 8.96. The minimum atomic E-state index is -0.560. The molecule has 0 fully saturated rings. The number of benzene rings is 1. The molecule has 0 aliphatic carbocycles. The summed E-state index contributed by atoms with van der Waals surface area (Å²) in [6, 6.07) is 7.81. The van der Waals surface area contributed by atoms with Gasteiger partial charge in [-0.25, -0.2) is 4.79 Å². The molecule has 0 aliphatic rings. The summed E-state index contributed by atoms with van der Waals surface area (Å²) < 4.78 is 10.4. The molecular formula is C15H21NO4. The smallest absolute Gasteiger partial charge is 0.356 e. The second-order valence-corrected chi connectivity index (χ2v) is 4.34. The van der Waals surface area contributed by atoms with E-state index in [1.165, 1.54) is 0 Å². The lowest BCUT2D eigenvalue weighted by atomic mass is 10.1. The van der Waals surface area contributed by atoms with Crippen molar-refractivity contribution in [1.82, 2.24) is 0 Å². The van der Waals surface area contributed by atoms with Crippen molar-refractivity contribution in [3.63, 3.8) is 0 Å². The first-order chi connectivity index (χ1) is 9.69. The molecule has 0 amide bonds. The molecule has 110 valence electrons. The number of unbranched alkanes of at least 4 members (excludes halogenated alkanes) is 1. The van der Waals surface area contributed by atoms with Crippen LogP contribution in [0.25, 0.3) is 0 Å². The summed E-state index contributed by atoms with van der Waals surface area (Å²) in [5.41, 5.74) is 1.15. The third-order valence-corrected chi connectivity index (χ3v) is 2.79. The number of rotatable bonds is 8. The maximum absolute atomic E-state index is 11.4. The highest BCUT2D eigenvalue weighted by Gasteiger charge is 2.12. The van der Waals surface area contributed by atoms with E-state index in [4.69, 9.17) is 14.7 Å². The zero-order valence-electron chi connectivity index (χ0n) is 12.0. The Morgan fingerprint density at radius 2 is 2.05 bits per heavy atom. The number of oxime groups is 1. The fraction of sp³-hybridized carbons (Fsp3) is 0.467. The zero-order valence-corrected chi connectivity index (χ0v) is 12.0. The molecule has 1 aromatic carbocycles. The van der Waals surface area contributed by atoms with Gasteiger partial charge in [-0.05, 0) is 38.3 Å². The van der Waals surface area contributed by atoms with Gasteiger partial charge in [-0.1, -0.05) is 23.4 Å². The van der Waals surface area contributed by atoms with Crippen LogP contribution in [0.5, 0.6) is 5.75 Å². The molecule has 0 aromatic heterocycles. The molecule has 0 radical (unpaired) electrons. The largest absolute Gasteiger partial charge is 0.493 e. The molecular weight excluding hydrogens is 258 g/mol. The van der Waals surface area contributed by atoms with Gasteiger partial charge in [0, 0.05) is 6.42 Å². The number of esters is 1. The first-order valence-electron chi connectivity index (χ1n) is 6.75. The van der Waals surface area contributed by atoms with Gasteiger partial charge in [0.1, 0.15) is 5.75 Å². The van der Waals surface area contributed by atoms with Gasteiger partial charge < -0.3 is 14.7 Å². The first kappa shape index (κ1) is 16.0. The molecule has 0 atom stereocenters. The molecule has 5 nitrogen and oxygen atoms in total. The highest BCUT2D eigenvalue weighted by molar-refractivity contribution is 6.36. The predicted molar refractivity (Wildman–Crippen MR) is 76.4 cm³/mol. The summed E-state index contributed by atoms with van der Waals surface area (Å²) in [5.74, 6) is 0.309. The fourth-order valence-electron chi connectivity index (χ4n) is 1.70. The van der Waals surface area contributed by atoms with Gasteiger partial charge in [0.15, 0.2) is 5.71 Å². The van der Waals surface area contributed by atoms with Gasteiger partial charge in [-0.15, -0.1) is 0 Å². The molecule has 0 aliphatic heterocycles. The summed E-state index contributed by atoms with van der Waals surface area (Å²) in [6.45, 7) is 4.54. The fourth-order valence-corrected chi connectivity index (χ4v) is 1.70. The van der Waals surface area contributed by atoms with E-state index < -0.39 is 5.97 Å². The van der Waals surface area contributed by atoms with Gasteiger partial charge in [-0.3, -0.25) is 0 Å². The van der Waals surface area contributed by atoms with Crippen molar-refractivity contribution >= 4 is 11.7 Å². The third kappa shape index (κ3) is 5.30. The van der Waals surface area contributed by atoms with E-state index in [0.29, 0.717) is 19.4 Å². The van der Waals surface area contributed by atoms with Gasteiger partial charge in [0.05, 0.1) is 13.2 Å². The highest BCUT2D eigenvalue weighted by Crippen LogP contribution is 2.16. The standard InChI is InChI=1S/C15H21NO4/c1-3-19-15(17)13(16-18)9-6-7-11-20-14-10-5-4-8-12(14)2/h4-5,8,10,18H,3,6-7,9,11H2,1-2H3/b16-13+. The SMILES string of the molecule is CCOC(=O)/C(CCCCOc1ccccc1C)=N/O. The number of hydrogen-bond donors (Lipinski definition) is 1. The van der Waals surface area contributed by atoms with E-state index in [-0.39, 0.29) is 12.3 Å². The topological polar surface area (TPSA) is 68.1 Å². The van der Waals surface area contributed by atoms with E-state index in [1.54, 1.807) is 6.92 Å². The lowest BCUT2D eigenvalue weighted by Gasteiger charge is -2.08. The highest BCUT2D eigenvalue weighted by atomic mass is 16.5. The van der Waals surface area contributed by atoms with Crippen LogP contribution >= 0.6 is 0 Å². The monoisotopic (exact) mass is 279 g/mol. The number of carbonyl (C=O) groups is 1. The van der Waals surface area contributed by atoms with Crippen molar-refractivity contribution in [2.45, 2.75) is 33.1 Å². The lowest BCUT2D eigenvalue weighted by Crippen LogP contribution is -2.17. The molecule has 20 heavy (non-hydrogen) atoms. The van der Waals surface area contributed by atoms with Crippen molar-refractivity contribution in [1.29, 1.82) is 0 Å². The van der Waals surface area contributed by atoms with Crippen LogP contribution in [0.2, 0.25) is 0 Å². The number of nitrogens with zero attached hydrogens (tertiary/aromatic N) is 1. The average molecular weight is 279 g/mol. The maximum atomic E-state index is 11.4. The minimum Gasteiger partial charge on any atom is -0.493 e. The Hall–Kier alpha value is -2.04. The van der Waals surface area contributed by atoms with Crippen LogP contribution in [0.1, 0.15) is 31.7 Å². The van der Waals surface area contributed by atoms with Crippen molar-refractivity contribution < 1.29 is 19.5 Å². The molecule has 1 rings (SSSR count). The molecule has 0 spiro atoms. The van der Waals surface area contributed by atoms with Crippen LogP contribution in [0.4, 0.5) is 0 Å². The summed E-state index contributed by atoms with van der Waals surface area (Å²) in [4.78, 5) is 11.4. The Balaban J connectivity index is 2.25. The van der Waals surface area contributed by atoms with Gasteiger partial charge in [-0.2, -0.15) is 0 Å². The Morgan fingerprint density at radius 3 is 2.70 bits per heavy atom. The van der Waals surface area contributed by atoms with E-state index in [1.807, 2.05) is 31.2 Å². The van der Waals surface area contributed by atoms with E-state index in [2.05, 4.69) is 5.16 Å². The summed E-state index contributed by atoms with van der Waals surface area (Å²) in [6.07, 6.45) is 1.85. The van der Waals surface area contributed by atoms with Gasteiger partial charge in [0.25, 0.3) is 0 Å². The van der Waals surface area contributed by atoms with Crippen LogP contribution in [-0.2, 0) is 9.53 Å². The summed E-state index contributed by atoms with van der Waals surface area (Å²) in [7, 11) is 0. The van der Waals surface area contributed by atoms with Crippen molar-refractivity contribution in [2.75, 3.05) is 13.2 Å². The summed E-state index contributed by atoms with van der Waals surface area (Å²) in [5, 5.41) is 11.7. The zero-order chi connectivity index (χ0) is 14.8. The number of carbonyl (C=O) groups excluding carboxylic acids is 1. The minimum absolute atomic E-state index is 0.0581. The molecule has 0 saturated carbocycles. The van der Waals surface area contributed by atoms with Crippen LogP contribution in [0, 0.1) is 6.92 Å². The number of hydrogen-bond acceptors (Lipinski definition) is 5. The Labute approximate surface area is 119 Å². The second-order valence-electron chi connectivity index (χ2n) is 4.34. The van der Waals surface area contributed by atoms with Crippen LogP contribution in [0.3, 0.4) is 0 Å². The molecule has 1 aromatic rings. The average Bonchev–Trinajstić information content (AvgIpc) is 2.45. The molecule has 0 heterocycles. The molecule has 1 N–H and O–H groups in total. The lowest BCUT2D eigenvalue weighted by molar-refractivity contribution is -0.135. The predicted octanol–water partition coefficient (Wildman–Crippen LogP) is 2.94. The van der Waals surface area contributed by atoms with Crippen LogP contribution < -0.4 is 4.74 Å². The molecule has 0 saturated heterocycles. The Kier molecular flexibility index (Phi) is 7.17. The van der Waals surface area contributed by atoms with E-state index in [0.717, 1.165) is 17.7 Å². The van der Waals surface area contributed by atoms with Crippen LogP contribution in [-0.4, -0.2) is 30.1 Å². The Bertz CT molecular complexity index is 457. The van der Waals surface area contributed by atoms with Crippen molar-refractivity contribution in [3.05, 3.63) is 29.8 Å². The Morgan fingerprint density at radius 1 is 1.30 bits per heavy atom. The normalized spacial score (nSPS) is 11.2. The number of ether oxygens (including phenoxy) is 2. The maximum Gasteiger partial charge on any atom is 0.356 e. The number of aryl methyl sites for hydroxylation is 1. The van der Waals surface area contributed by atoms with Gasteiger partial charge in [0.2, 0.25) is 0 Å². The van der Waals surface area contributed by atoms with Crippen LogP contribution in [0.15, 0.2) is 29.4 Å². The van der Waals surface area contributed by atoms with Crippen molar-refractivity contribution in [3.8, 4) is 5.75 Å².